The highest BCUT2D eigenvalue weighted by molar-refractivity contribution is 14.1. The van der Waals surface area contributed by atoms with Gasteiger partial charge in [-0.05, 0) is 34.9 Å². The summed E-state index contributed by atoms with van der Waals surface area (Å²) in [6, 6.07) is 0.177. The molecule has 0 bridgehead atoms. The van der Waals surface area contributed by atoms with Gasteiger partial charge < -0.3 is 11.1 Å². The second kappa shape index (κ2) is 6.22. The van der Waals surface area contributed by atoms with Gasteiger partial charge in [0.05, 0.1) is 3.57 Å². The lowest BCUT2D eigenvalue weighted by Crippen LogP contribution is -2.30. The molecule has 1 unspecified atom stereocenters. The molecule has 84 valence electrons. The van der Waals surface area contributed by atoms with Crippen molar-refractivity contribution in [1.29, 1.82) is 0 Å². The van der Waals surface area contributed by atoms with Gasteiger partial charge in [-0.25, -0.2) is 9.97 Å². The van der Waals surface area contributed by atoms with Crippen molar-refractivity contribution in [2.45, 2.75) is 26.3 Å². The van der Waals surface area contributed by atoms with Crippen LogP contribution in [-0.2, 0) is 0 Å². The molecule has 15 heavy (non-hydrogen) atoms. The van der Waals surface area contributed by atoms with Crippen molar-refractivity contribution in [2.24, 2.45) is 11.7 Å². The van der Waals surface area contributed by atoms with Crippen molar-refractivity contribution in [3.63, 3.8) is 0 Å². The van der Waals surface area contributed by atoms with Gasteiger partial charge in [0.15, 0.2) is 0 Å². The van der Waals surface area contributed by atoms with Crippen LogP contribution in [0.4, 0.5) is 5.82 Å². The number of aromatic nitrogens is 2. The fraction of sp³-hybridized carbons (Fsp3) is 0.600. The number of hydrogen-bond donors (Lipinski definition) is 2. The third-order valence-electron chi connectivity index (χ3n) is 1.97. The van der Waals surface area contributed by atoms with Crippen molar-refractivity contribution in [1.82, 2.24) is 9.97 Å². The maximum absolute atomic E-state index is 5.96. The van der Waals surface area contributed by atoms with E-state index in [-0.39, 0.29) is 6.04 Å². The van der Waals surface area contributed by atoms with Crippen molar-refractivity contribution in [3.8, 4) is 0 Å². The third-order valence-corrected chi connectivity index (χ3v) is 2.76. The number of nitrogens with one attached hydrogen (secondary N) is 1. The topological polar surface area (TPSA) is 63.8 Å². The Morgan fingerprint density at radius 3 is 2.87 bits per heavy atom. The highest BCUT2D eigenvalue weighted by Gasteiger charge is 2.06. The minimum atomic E-state index is 0.177. The largest absolute Gasteiger partial charge is 0.368 e. The molecule has 4 nitrogen and oxygen atoms in total. The van der Waals surface area contributed by atoms with Crippen LogP contribution in [0.15, 0.2) is 12.5 Å². The Morgan fingerprint density at radius 2 is 2.27 bits per heavy atom. The van der Waals surface area contributed by atoms with Crippen molar-refractivity contribution in [3.05, 3.63) is 16.1 Å². The lowest BCUT2D eigenvalue weighted by atomic mass is 10.0. The smallest absolute Gasteiger partial charge is 0.142 e. The van der Waals surface area contributed by atoms with Crippen LogP contribution in [0.1, 0.15) is 20.3 Å². The monoisotopic (exact) mass is 320 g/mol. The van der Waals surface area contributed by atoms with E-state index in [9.17, 15) is 0 Å². The van der Waals surface area contributed by atoms with Gasteiger partial charge >= 0.3 is 0 Å². The minimum absolute atomic E-state index is 0.177. The van der Waals surface area contributed by atoms with Gasteiger partial charge in [0.25, 0.3) is 0 Å². The standard InChI is InChI=1S/C10H17IN4/c1-7(2)3-8(12)4-14-10-9(11)5-13-6-15-10/h5-8H,3-4,12H2,1-2H3,(H,13,14,15). The van der Waals surface area contributed by atoms with Gasteiger partial charge in [-0.1, -0.05) is 13.8 Å². The molecule has 0 spiro atoms. The van der Waals surface area contributed by atoms with Gasteiger partial charge in [0, 0.05) is 18.8 Å². The van der Waals surface area contributed by atoms with Crippen LogP contribution < -0.4 is 11.1 Å². The van der Waals surface area contributed by atoms with Crippen LogP contribution in [0.3, 0.4) is 0 Å². The first-order chi connectivity index (χ1) is 7.09. The summed E-state index contributed by atoms with van der Waals surface area (Å²) >= 11 is 2.20. The Bertz CT molecular complexity index is 303. The second-order valence-electron chi connectivity index (χ2n) is 3.99. The molecular weight excluding hydrogens is 303 g/mol. The lowest BCUT2D eigenvalue weighted by molar-refractivity contribution is 0.508. The number of nitrogens with zero attached hydrogens (tertiary/aromatic N) is 2. The summed E-state index contributed by atoms with van der Waals surface area (Å²) in [6.07, 6.45) is 4.34. The first-order valence-corrected chi connectivity index (χ1v) is 6.12. The molecule has 1 heterocycles. The van der Waals surface area contributed by atoms with E-state index in [1.165, 1.54) is 0 Å². The first-order valence-electron chi connectivity index (χ1n) is 5.04. The zero-order chi connectivity index (χ0) is 11.3. The number of halogens is 1. The molecule has 0 radical (unpaired) electrons. The average molecular weight is 320 g/mol. The van der Waals surface area contributed by atoms with Crippen LogP contribution in [0.25, 0.3) is 0 Å². The molecule has 0 amide bonds. The van der Waals surface area contributed by atoms with E-state index in [1.54, 1.807) is 12.5 Å². The number of anilines is 1. The molecule has 1 aromatic rings. The molecule has 0 saturated heterocycles. The first kappa shape index (κ1) is 12.6. The van der Waals surface area contributed by atoms with Crippen LogP contribution in [-0.4, -0.2) is 22.6 Å². The average Bonchev–Trinajstić information content (AvgIpc) is 2.15. The summed E-state index contributed by atoms with van der Waals surface area (Å²) in [7, 11) is 0. The number of rotatable bonds is 5. The summed E-state index contributed by atoms with van der Waals surface area (Å²) in [4.78, 5) is 8.07. The Labute approximate surface area is 104 Å². The minimum Gasteiger partial charge on any atom is -0.368 e. The Morgan fingerprint density at radius 1 is 1.53 bits per heavy atom. The van der Waals surface area contributed by atoms with E-state index in [0.717, 1.165) is 22.4 Å². The van der Waals surface area contributed by atoms with E-state index in [0.29, 0.717) is 5.92 Å². The molecule has 0 fully saturated rings. The van der Waals surface area contributed by atoms with Crippen molar-refractivity contribution in [2.75, 3.05) is 11.9 Å². The molecule has 5 heteroatoms. The molecule has 0 aromatic carbocycles. The van der Waals surface area contributed by atoms with Gasteiger partial charge in [0.1, 0.15) is 12.1 Å². The van der Waals surface area contributed by atoms with Gasteiger partial charge in [-0.15, -0.1) is 0 Å². The van der Waals surface area contributed by atoms with Crippen molar-refractivity contribution >= 4 is 28.4 Å². The highest BCUT2D eigenvalue weighted by atomic mass is 127. The van der Waals surface area contributed by atoms with Gasteiger partial charge in [-0.2, -0.15) is 0 Å². The molecule has 0 saturated carbocycles. The normalized spacial score (nSPS) is 12.9. The fourth-order valence-electron chi connectivity index (χ4n) is 1.36. The Hall–Kier alpha value is -0.430. The SMILES string of the molecule is CC(C)CC(N)CNc1ncncc1I. The summed E-state index contributed by atoms with van der Waals surface area (Å²) in [5.74, 6) is 1.50. The summed E-state index contributed by atoms with van der Waals surface area (Å²) < 4.78 is 1.02. The molecule has 0 aliphatic carbocycles. The molecule has 3 N–H and O–H groups in total. The van der Waals surface area contributed by atoms with Crippen LogP contribution >= 0.6 is 22.6 Å². The maximum atomic E-state index is 5.96. The van der Waals surface area contributed by atoms with E-state index < -0.39 is 0 Å². The van der Waals surface area contributed by atoms with Crippen LogP contribution in [0.2, 0.25) is 0 Å². The molecule has 1 rings (SSSR count). The van der Waals surface area contributed by atoms with E-state index in [1.807, 2.05) is 0 Å². The second-order valence-corrected chi connectivity index (χ2v) is 5.15. The summed E-state index contributed by atoms with van der Waals surface area (Å²) in [6.45, 7) is 5.10. The lowest BCUT2D eigenvalue weighted by Gasteiger charge is -2.15. The van der Waals surface area contributed by atoms with Crippen molar-refractivity contribution < 1.29 is 0 Å². The molecule has 1 atom stereocenters. The van der Waals surface area contributed by atoms with E-state index in [2.05, 4.69) is 51.7 Å². The number of nitrogens with two attached hydrogens (primary N) is 1. The zero-order valence-electron chi connectivity index (χ0n) is 9.07. The zero-order valence-corrected chi connectivity index (χ0v) is 11.2. The Kier molecular flexibility index (Phi) is 5.24. The summed E-state index contributed by atoms with van der Waals surface area (Å²) in [5.41, 5.74) is 5.96. The van der Waals surface area contributed by atoms with Gasteiger partial charge in [-0.3, -0.25) is 0 Å². The molecule has 1 aromatic heterocycles. The number of hydrogen-bond acceptors (Lipinski definition) is 4. The van der Waals surface area contributed by atoms with E-state index >= 15 is 0 Å². The van der Waals surface area contributed by atoms with Crippen LogP contribution in [0, 0.1) is 9.49 Å². The predicted octanol–water partition coefficient (Wildman–Crippen LogP) is 1.87. The Balaban J connectivity index is 2.40. The van der Waals surface area contributed by atoms with Crippen LogP contribution in [0.5, 0.6) is 0 Å². The maximum Gasteiger partial charge on any atom is 0.142 e. The predicted molar refractivity (Wildman–Crippen MR) is 70.7 cm³/mol. The van der Waals surface area contributed by atoms with E-state index in [4.69, 9.17) is 5.73 Å². The fourth-order valence-corrected chi connectivity index (χ4v) is 1.85. The molecular formula is C10H17IN4. The molecule has 0 aliphatic rings. The summed E-state index contributed by atoms with van der Waals surface area (Å²) in [5, 5.41) is 3.23. The quantitative estimate of drug-likeness (QED) is 0.813. The molecule has 0 aliphatic heterocycles. The third kappa shape index (κ3) is 4.74. The van der Waals surface area contributed by atoms with Gasteiger partial charge in [0.2, 0.25) is 0 Å². The highest BCUT2D eigenvalue weighted by Crippen LogP contribution is 2.12.